The molecule has 3 nitrogen and oxygen atoms in total. The lowest BCUT2D eigenvalue weighted by Crippen LogP contribution is -2.22. The molecule has 3 aromatic rings. The van der Waals surface area contributed by atoms with Crippen LogP contribution in [0.3, 0.4) is 0 Å². The molecule has 0 radical (unpaired) electrons. The Hall–Kier alpha value is -1.88. The molecule has 0 aliphatic heterocycles. The van der Waals surface area contributed by atoms with Crippen molar-refractivity contribution in [3.05, 3.63) is 68.8 Å². The molecule has 3 rings (SSSR count). The lowest BCUT2D eigenvalue weighted by Gasteiger charge is -2.05. The monoisotopic (exact) mass is 334 g/mol. The predicted molar refractivity (Wildman–Crippen MR) is 80.4 cm³/mol. The molecule has 0 atom stereocenters. The minimum Gasteiger partial charge on any atom is -0.295 e. The molecular weight excluding hydrogens is 323 g/mol. The Labute approximate surface area is 123 Å². The molecular formula is C15H12BrFN2O. The summed E-state index contributed by atoms with van der Waals surface area (Å²) in [4.78, 5) is 12.3. The third-order valence-corrected chi connectivity index (χ3v) is 3.77. The van der Waals surface area contributed by atoms with E-state index < -0.39 is 0 Å². The van der Waals surface area contributed by atoms with Gasteiger partial charge in [-0.2, -0.15) is 0 Å². The minimum absolute atomic E-state index is 0.105. The molecule has 0 spiro atoms. The Morgan fingerprint density at radius 2 is 1.85 bits per heavy atom. The molecule has 102 valence electrons. The van der Waals surface area contributed by atoms with Gasteiger partial charge in [0.1, 0.15) is 5.82 Å². The van der Waals surface area contributed by atoms with E-state index in [-0.39, 0.29) is 11.5 Å². The zero-order chi connectivity index (χ0) is 14.3. The molecule has 0 saturated carbocycles. The Kier molecular flexibility index (Phi) is 3.22. The first-order valence-electron chi connectivity index (χ1n) is 6.15. The number of imidazole rings is 1. The van der Waals surface area contributed by atoms with Crippen LogP contribution in [0.4, 0.5) is 4.39 Å². The SMILES string of the molecule is Cn1c(=O)n(Cc2cc(F)cc(Br)c2)c2ccccc21. The van der Waals surface area contributed by atoms with Crippen LogP contribution in [0.25, 0.3) is 11.0 Å². The molecule has 0 aliphatic carbocycles. The summed E-state index contributed by atoms with van der Waals surface area (Å²) in [5, 5.41) is 0. The molecule has 0 unspecified atom stereocenters. The summed E-state index contributed by atoms with van der Waals surface area (Å²) >= 11 is 3.27. The fraction of sp³-hybridized carbons (Fsp3) is 0.133. The number of aryl methyl sites for hydroxylation is 1. The van der Waals surface area contributed by atoms with Crippen LogP contribution in [0.1, 0.15) is 5.56 Å². The average Bonchev–Trinajstić information content (AvgIpc) is 2.64. The number of rotatable bonds is 2. The average molecular weight is 335 g/mol. The van der Waals surface area contributed by atoms with E-state index in [1.165, 1.54) is 12.1 Å². The van der Waals surface area contributed by atoms with E-state index in [0.717, 1.165) is 16.6 Å². The van der Waals surface area contributed by atoms with Crippen LogP contribution >= 0.6 is 15.9 Å². The van der Waals surface area contributed by atoms with Gasteiger partial charge in [0, 0.05) is 11.5 Å². The summed E-state index contributed by atoms with van der Waals surface area (Å²) in [6.45, 7) is 0.344. The van der Waals surface area contributed by atoms with Gasteiger partial charge in [0.05, 0.1) is 17.6 Å². The van der Waals surface area contributed by atoms with Gasteiger partial charge >= 0.3 is 5.69 Å². The van der Waals surface area contributed by atoms with Gasteiger partial charge in [-0.25, -0.2) is 9.18 Å². The third kappa shape index (κ3) is 2.18. The maximum Gasteiger partial charge on any atom is 0.329 e. The van der Waals surface area contributed by atoms with Crippen molar-refractivity contribution in [3.8, 4) is 0 Å². The highest BCUT2D eigenvalue weighted by Gasteiger charge is 2.10. The summed E-state index contributed by atoms with van der Waals surface area (Å²) in [6, 6.07) is 12.2. The third-order valence-electron chi connectivity index (χ3n) is 3.31. The predicted octanol–water partition coefficient (Wildman–Crippen LogP) is 3.29. The first kappa shape index (κ1) is 13.1. The molecule has 0 aliphatic rings. The van der Waals surface area contributed by atoms with Crippen LogP contribution in [0.15, 0.2) is 51.7 Å². The number of halogens is 2. The van der Waals surface area contributed by atoms with E-state index in [1.807, 2.05) is 30.3 Å². The normalized spacial score (nSPS) is 11.2. The second-order valence-electron chi connectivity index (χ2n) is 4.69. The lowest BCUT2D eigenvalue weighted by atomic mass is 10.2. The van der Waals surface area contributed by atoms with E-state index >= 15 is 0 Å². The van der Waals surface area contributed by atoms with Crippen molar-refractivity contribution < 1.29 is 4.39 Å². The number of para-hydroxylation sites is 2. The highest BCUT2D eigenvalue weighted by atomic mass is 79.9. The zero-order valence-corrected chi connectivity index (χ0v) is 12.4. The molecule has 0 saturated heterocycles. The van der Waals surface area contributed by atoms with Crippen LogP contribution in [0.2, 0.25) is 0 Å². The smallest absolute Gasteiger partial charge is 0.295 e. The van der Waals surface area contributed by atoms with Crippen molar-refractivity contribution in [1.29, 1.82) is 0 Å². The number of hydrogen-bond acceptors (Lipinski definition) is 1. The molecule has 0 N–H and O–H groups in total. The first-order valence-corrected chi connectivity index (χ1v) is 6.95. The van der Waals surface area contributed by atoms with E-state index in [4.69, 9.17) is 0 Å². The van der Waals surface area contributed by atoms with E-state index in [0.29, 0.717) is 11.0 Å². The maximum absolute atomic E-state index is 13.4. The lowest BCUT2D eigenvalue weighted by molar-refractivity contribution is 0.622. The molecule has 5 heteroatoms. The molecule has 0 fully saturated rings. The standard InChI is InChI=1S/C15H12BrFN2O/c1-18-13-4-2-3-5-14(13)19(15(18)20)9-10-6-11(16)8-12(17)7-10/h2-8H,9H2,1H3. The van der Waals surface area contributed by atoms with Crippen molar-refractivity contribution in [2.75, 3.05) is 0 Å². The highest BCUT2D eigenvalue weighted by Crippen LogP contribution is 2.18. The fourth-order valence-corrected chi connectivity index (χ4v) is 2.91. The Morgan fingerprint density at radius 1 is 1.15 bits per heavy atom. The molecule has 0 amide bonds. The van der Waals surface area contributed by atoms with Crippen molar-refractivity contribution in [3.63, 3.8) is 0 Å². The number of fused-ring (bicyclic) bond motifs is 1. The van der Waals surface area contributed by atoms with Crippen molar-refractivity contribution in [2.45, 2.75) is 6.54 Å². The van der Waals surface area contributed by atoms with Crippen LogP contribution in [0, 0.1) is 5.82 Å². The van der Waals surface area contributed by atoms with Crippen LogP contribution < -0.4 is 5.69 Å². The molecule has 1 heterocycles. The van der Waals surface area contributed by atoms with E-state index in [9.17, 15) is 9.18 Å². The van der Waals surface area contributed by atoms with Crippen LogP contribution in [0.5, 0.6) is 0 Å². The highest BCUT2D eigenvalue weighted by molar-refractivity contribution is 9.10. The van der Waals surface area contributed by atoms with Gasteiger partial charge in [-0.3, -0.25) is 9.13 Å². The van der Waals surface area contributed by atoms with Gasteiger partial charge in [-0.15, -0.1) is 0 Å². The second kappa shape index (κ2) is 4.90. The molecule has 0 bridgehead atoms. The van der Waals surface area contributed by atoms with Gasteiger partial charge in [0.15, 0.2) is 0 Å². The van der Waals surface area contributed by atoms with Gasteiger partial charge in [-0.1, -0.05) is 28.1 Å². The summed E-state index contributed by atoms with van der Waals surface area (Å²) in [5.41, 5.74) is 2.36. The fourth-order valence-electron chi connectivity index (χ4n) is 2.40. The molecule has 1 aromatic heterocycles. The summed E-state index contributed by atoms with van der Waals surface area (Å²) in [5.74, 6) is -0.317. The maximum atomic E-state index is 13.4. The quantitative estimate of drug-likeness (QED) is 0.706. The largest absolute Gasteiger partial charge is 0.329 e. The van der Waals surface area contributed by atoms with E-state index in [1.54, 1.807) is 16.2 Å². The zero-order valence-electron chi connectivity index (χ0n) is 10.8. The van der Waals surface area contributed by atoms with Crippen LogP contribution in [-0.2, 0) is 13.6 Å². The van der Waals surface area contributed by atoms with Gasteiger partial charge < -0.3 is 0 Å². The van der Waals surface area contributed by atoms with Crippen molar-refractivity contribution in [1.82, 2.24) is 9.13 Å². The number of nitrogens with zero attached hydrogens (tertiary/aromatic N) is 2. The Morgan fingerprint density at radius 3 is 2.55 bits per heavy atom. The topological polar surface area (TPSA) is 26.9 Å². The van der Waals surface area contributed by atoms with Gasteiger partial charge in [0.2, 0.25) is 0 Å². The van der Waals surface area contributed by atoms with Gasteiger partial charge in [0.25, 0.3) is 0 Å². The Balaban J connectivity index is 2.16. The summed E-state index contributed by atoms with van der Waals surface area (Å²) < 4.78 is 17.3. The molecule has 20 heavy (non-hydrogen) atoms. The molecule has 2 aromatic carbocycles. The summed E-state index contributed by atoms with van der Waals surface area (Å²) in [6.07, 6.45) is 0. The van der Waals surface area contributed by atoms with Gasteiger partial charge in [-0.05, 0) is 35.9 Å². The van der Waals surface area contributed by atoms with Crippen LogP contribution in [-0.4, -0.2) is 9.13 Å². The summed E-state index contributed by atoms with van der Waals surface area (Å²) in [7, 11) is 1.74. The second-order valence-corrected chi connectivity index (χ2v) is 5.61. The number of hydrogen-bond donors (Lipinski definition) is 0. The van der Waals surface area contributed by atoms with E-state index in [2.05, 4.69) is 15.9 Å². The number of aromatic nitrogens is 2. The number of benzene rings is 2. The minimum atomic E-state index is -0.317. The van der Waals surface area contributed by atoms with Crippen molar-refractivity contribution >= 4 is 27.0 Å². The first-order chi connectivity index (χ1) is 9.56. The van der Waals surface area contributed by atoms with Crippen molar-refractivity contribution in [2.24, 2.45) is 7.05 Å². The Bertz CT molecular complexity index is 830.